The first-order valence-corrected chi connectivity index (χ1v) is 11.4. The Morgan fingerprint density at radius 2 is 1.47 bits per heavy atom. The van der Waals surface area contributed by atoms with Gasteiger partial charge < -0.3 is 15.7 Å². The second kappa shape index (κ2) is 12.0. The number of hydrogen-bond acceptors (Lipinski definition) is 4. The normalized spacial score (nSPS) is 12.6. The number of carboxylic acid groups (broad SMARTS) is 1. The Morgan fingerprint density at radius 1 is 0.868 bits per heavy atom. The summed E-state index contributed by atoms with van der Waals surface area (Å²) in [7, 11) is 0. The number of aromatic nitrogens is 1. The third kappa shape index (κ3) is 8.49. The molecular formula is C26H23F6N3O3. The zero-order valence-electron chi connectivity index (χ0n) is 19.7. The standard InChI is InChI=1S/C26H23F6N3O3/c27-25(28,29)13-11-21(35-22-10-7-19(15-34-22)24(38)33-14-12-23(36)37)18-3-1-16(2-4-18)17-5-8-20(9-6-17)26(30,31)32/h1-10,15,21H,11-14H2,(H,33,38)(H,34,35)(H,36,37). The van der Waals surface area contributed by atoms with Crippen molar-refractivity contribution < 1.29 is 41.0 Å². The van der Waals surface area contributed by atoms with E-state index in [1.165, 1.54) is 30.5 Å². The number of aliphatic carboxylic acids is 1. The van der Waals surface area contributed by atoms with Crippen LogP contribution >= 0.6 is 0 Å². The maximum Gasteiger partial charge on any atom is 0.416 e. The summed E-state index contributed by atoms with van der Waals surface area (Å²) in [6.45, 7) is -0.0733. The Hall–Kier alpha value is -4.09. The molecule has 1 unspecified atom stereocenters. The number of nitrogens with one attached hydrogen (secondary N) is 2. The molecule has 1 heterocycles. The van der Waals surface area contributed by atoms with Crippen LogP contribution in [0.15, 0.2) is 66.9 Å². The topological polar surface area (TPSA) is 91.3 Å². The molecular weight excluding hydrogens is 516 g/mol. The molecule has 1 aromatic heterocycles. The van der Waals surface area contributed by atoms with Gasteiger partial charge in [0, 0.05) is 19.2 Å². The molecule has 3 rings (SSSR count). The number of amides is 1. The lowest BCUT2D eigenvalue weighted by Crippen LogP contribution is -2.26. The number of anilines is 1. The maximum atomic E-state index is 13.0. The van der Waals surface area contributed by atoms with Crippen LogP contribution in [0.5, 0.6) is 0 Å². The molecule has 3 aromatic rings. The van der Waals surface area contributed by atoms with Crippen LogP contribution in [0.2, 0.25) is 0 Å². The highest BCUT2D eigenvalue weighted by Crippen LogP contribution is 2.33. The molecule has 38 heavy (non-hydrogen) atoms. The van der Waals surface area contributed by atoms with E-state index in [-0.39, 0.29) is 30.8 Å². The Bertz CT molecular complexity index is 1230. The van der Waals surface area contributed by atoms with Crippen molar-refractivity contribution in [2.24, 2.45) is 0 Å². The second-order valence-corrected chi connectivity index (χ2v) is 8.38. The summed E-state index contributed by atoms with van der Waals surface area (Å²) in [6.07, 6.45) is -9.29. The molecule has 2 aromatic carbocycles. The zero-order chi connectivity index (χ0) is 27.9. The van der Waals surface area contributed by atoms with Gasteiger partial charge in [-0.15, -0.1) is 0 Å². The zero-order valence-corrected chi connectivity index (χ0v) is 19.7. The van der Waals surface area contributed by atoms with Crippen LogP contribution in [0.25, 0.3) is 11.1 Å². The quantitative estimate of drug-likeness (QED) is 0.257. The van der Waals surface area contributed by atoms with Crippen molar-refractivity contribution in [3.8, 4) is 11.1 Å². The van der Waals surface area contributed by atoms with Gasteiger partial charge in [0.15, 0.2) is 0 Å². The van der Waals surface area contributed by atoms with E-state index in [4.69, 9.17) is 5.11 Å². The van der Waals surface area contributed by atoms with E-state index in [2.05, 4.69) is 15.6 Å². The van der Waals surface area contributed by atoms with E-state index < -0.39 is 42.3 Å². The van der Waals surface area contributed by atoms with Crippen molar-refractivity contribution in [3.05, 3.63) is 83.6 Å². The number of hydrogen-bond donors (Lipinski definition) is 3. The van der Waals surface area contributed by atoms with Crippen LogP contribution in [0, 0.1) is 0 Å². The summed E-state index contributed by atoms with van der Waals surface area (Å²) in [4.78, 5) is 26.7. The second-order valence-electron chi connectivity index (χ2n) is 8.38. The third-order valence-corrected chi connectivity index (χ3v) is 5.55. The van der Waals surface area contributed by atoms with Gasteiger partial charge in [-0.3, -0.25) is 9.59 Å². The Balaban J connectivity index is 1.74. The van der Waals surface area contributed by atoms with Gasteiger partial charge in [0.25, 0.3) is 5.91 Å². The number of carbonyl (C=O) groups is 2. The lowest BCUT2D eigenvalue weighted by Gasteiger charge is -2.21. The maximum absolute atomic E-state index is 13.0. The molecule has 0 aliphatic carbocycles. The van der Waals surface area contributed by atoms with Gasteiger partial charge in [0.1, 0.15) is 5.82 Å². The smallest absolute Gasteiger partial charge is 0.416 e. The van der Waals surface area contributed by atoms with Crippen molar-refractivity contribution in [2.75, 3.05) is 11.9 Å². The van der Waals surface area contributed by atoms with Crippen LogP contribution in [-0.4, -0.2) is 34.7 Å². The number of nitrogens with zero attached hydrogens (tertiary/aromatic N) is 1. The molecule has 0 spiro atoms. The van der Waals surface area contributed by atoms with Crippen LogP contribution in [0.3, 0.4) is 0 Å². The van der Waals surface area contributed by atoms with E-state index in [1.807, 2.05) is 0 Å². The first-order valence-electron chi connectivity index (χ1n) is 11.4. The molecule has 12 heteroatoms. The van der Waals surface area contributed by atoms with Gasteiger partial charge in [-0.25, -0.2) is 4.98 Å². The lowest BCUT2D eigenvalue weighted by molar-refractivity contribution is -0.138. The predicted octanol–water partition coefficient (Wildman–Crippen LogP) is 6.47. The van der Waals surface area contributed by atoms with Crippen LogP contribution < -0.4 is 10.6 Å². The Morgan fingerprint density at radius 3 is 1.97 bits per heavy atom. The van der Waals surface area contributed by atoms with Crippen LogP contribution in [-0.2, 0) is 11.0 Å². The molecule has 0 bridgehead atoms. The molecule has 3 N–H and O–H groups in total. The van der Waals surface area contributed by atoms with E-state index in [9.17, 15) is 35.9 Å². The van der Waals surface area contributed by atoms with Gasteiger partial charge in [0.2, 0.25) is 0 Å². The summed E-state index contributed by atoms with van der Waals surface area (Å²) >= 11 is 0. The fourth-order valence-electron chi connectivity index (χ4n) is 3.57. The lowest BCUT2D eigenvalue weighted by atomic mass is 9.97. The molecule has 0 radical (unpaired) electrons. The summed E-state index contributed by atoms with van der Waals surface area (Å²) in [5.74, 6) is -1.40. The Labute approximate surface area is 213 Å². The minimum absolute atomic E-state index is 0.0733. The number of carbonyl (C=O) groups excluding carboxylic acids is 1. The van der Waals surface area contributed by atoms with E-state index in [1.54, 1.807) is 24.3 Å². The fraction of sp³-hybridized carbons (Fsp3) is 0.269. The van der Waals surface area contributed by atoms with Crippen molar-refractivity contribution in [1.29, 1.82) is 0 Å². The molecule has 0 saturated carbocycles. The summed E-state index contributed by atoms with van der Waals surface area (Å²) < 4.78 is 77.3. The molecule has 1 atom stereocenters. The summed E-state index contributed by atoms with van der Waals surface area (Å²) in [5, 5.41) is 14.0. The summed E-state index contributed by atoms with van der Waals surface area (Å²) in [5.41, 5.74) is 0.970. The molecule has 202 valence electrons. The van der Waals surface area contributed by atoms with Crippen molar-refractivity contribution in [3.63, 3.8) is 0 Å². The van der Waals surface area contributed by atoms with Crippen molar-refractivity contribution in [1.82, 2.24) is 10.3 Å². The van der Waals surface area contributed by atoms with E-state index in [0.717, 1.165) is 12.1 Å². The highest BCUT2D eigenvalue weighted by molar-refractivity contribution is 5.94. The fourth-order valence-corrected chi connectivity index (χ4v) is 3.57. The largest absolute Gasteiger partial charge is 0.481 e. The first-order chi connectivity index (χ1) is 17.8. The van der Waals surface area contributed by atoms with E-state index in [0.29, 0.717) is 16.7 Å². The molecule has 1 amide bonds. The first kappa shape index (κ1) is 28.5. The number of rotatable bonds is 10. The molecule has 0 saturated heterocycles. The molecule has 0 aliphatic rings. The number of halogens is 6. The van der Waals surface area contributed by atoms with Gasteiger partial charge in [-0.05, 0) is 47.4 Å². The molecule has 0 aliphatic heterocycles. The minimum atomic E-state index is -4.46. The number of pyridine rings is 1. The molecule has 6 nitrogen and oxygen atoms in total. The minimum Gasteiger partial charge on any atom is -0.481 e. The monoisotopic (exact) mass is 539 g/mol. The SMILES string of the molecule is O=C(O)CCNC(=O)c1ccc(NC(CCC(F)(F)F)c2ccc(-c3ccc(C(F)(F)F)cc3)cc2)nc1. The number of alkyl halides is 6. The van der Waals surface area contributed by atoms with Crippen molar-refractivity contribution in [2.45, 2.75) is 37.7 Å². The third-order valence-electron chi connectivity index (χ3n) is 5.55. The molecule has 0 fully saturated rings. The van der Waals surface area contributed by atoms with Crippen LogP contribution in [0.1, 0.15) is 46.8 Å². The average molecular weight is 539 g/mol. The van der Waals surface area contributed by atoms with Gasteiger partial charge in [-0.1, -0.05) is 36.4 Å². The van der Waals surface area contributed by atoms with Gasteiger partial charge in [-0.2, -0.15) is 26.3 Å². The van der Waals surface area contributed by atoms with E-state index >= 15 is 0 Å². The van der Waals surface area contributed by atoms with Crippen molar-refractivity contribution >= 4 is 17.7 Å². The Kier molecular flexibility index (Phi) is 8.97. The summed E-state index contributed by atoms with van der Waals surface area (Å²) in [6, 6.07) is 13.0. The highest BCUT2D eigenvalue weighted by atomic mass is 19.4. The number of benzene rings is 2. The van der Waals surface area contributed by atoms with Gasteiger partial charge in [0.05, 0.1) is 23.6 Å². The van der Waals surface area contributed by atoms with Crippen LogP contribution in [0.4, 0.5) is 32.2 Å². The average Bonchev–Trinajstić information content (AvgIpc) is 2.86. The van der Waals surface area contributed by atoms with Gasteiger partial charge >= 0.3 is 18.3 Å². The highest BCUT2D eigenvalue weighted by Gasteiger charge is 2.30. The number of carboxylic acids is 1. The predicted molar refractivity (Wildman–Crippen MR) is 127 cm³/mol.